The maximum absolute atomic E-state index is 13.7. The van der Waals surface area contributed by atoms with Gasteiger partial charge in [-0.2, -0.15) is 0 Å². The SMILES string of the molecule is CC(=O)C1=NC=C(C)C(n2c(C)cc(OCc3ncc(F)cc3F)c(Cl)c2=O)C1. The van der Waals surface area contributed by atoms with Gasteiger partial charge in [0.2, 0.25) is 0 Å². The van der Waals surface area contributed by atoms with E-state index < -0.39 is 23.2 Å². The predicted molar refractivity (Wildman–Crippen MR) is 104 cm³/mol. The molecule has 3 heterocycles. The Kier molecular flexibility index (Phi) is 5.93. The standard InChI is InChI=1S/C20H18ClF2N3O3/c1-10-7-24-15(12(3)27)6-17(10)26-11(2)4-18(19(21)20(26)28)29-9-16-14(23)5-13(22)8-25-16/h4-5,7-8,17H,6,9H2,1-3H3. The van der Waals surface area contributed by atoms with Crippen LogP contribution in [0.25, 0.3) is 0 Å². The Labute approximate surface area is 170 Å². The van der Waals surface area contributed by atoms with Gasteiger partial charge < -0.3 is 9.30 Å². The van der Waals surface area contributed by atoms with E-state index in [1.807, 2.05) is 6.92 Å². The number of aryl methyl sites for hydroxylation is 1. The van der Waals surface area contributed by atoms with Gasteiger partial charge in [-0.1, -0.05) is 11.6 Å². The Balaban J connectivity index is 1.91. The monoisotopic (exact) mass is 421 g/mol. The average Bonchev–Trinajstić information content (AvgIpc) is 2.66. The molecule has 0 spiro atoms. The van der Waals surface area contributed by atoms with Gasteiger partial charge in [0.1, 0.15) is 28.9 Å². The predicted octanol–water partition coefficient (Wildman–Crippen LogP) is 3.94. The van der Waals surface area contributed by atoms with E-state index in [4.69, 9.17) is 16.3 Å². The van der Waals surface area contributed by atoms with Gasteiger partial charge in [0.25, 0.3) is 5.56 Å². The first-order valence-electron chi connectivity index (χ1n) is 8.77. The van der Waals surface area contributed by atoms with E-state index in [0.717, 1.165) is 11.8 Å². The normalized spacial score (nSPS) is 16.3. The number of rotatable bonds is 5. The molecule has 29 heavy (non-hydrogen) atoms. The summed E-state index contributed by atoms with van der Waals surface area (Å²) in [5, 5.41) is -0.183. The molecule has 9 heteroatoms. The van der Waals surface area contributed by atoms with Crippen LogP contribution in [0.1, 0.15) is 37.7 Å². The van der Waals surface area contributed by atoms with Crippen LogP contribution in [0.5, 0.6) is 5.75 Å². The molecule has 1 unspecified atom stereocenters. The number of aromatic nitrogens is 2. The zero-order chi connectivity index (χ0) is 21.3. The fraction of sp³-hybridized carbons (Fsp3) is 0.300. The van der Waals surface area contributed by atoms with Crippen molar-refractivity contribution < 1.29 is 18.3 Å². The number of carbonyl (C=O) groups excluding carboxylic acids is 1. The number of ether oxygens (including phenoxy) is 1. The van der Waals surface area contributed by atoms with Crippen molar-refractivity contribution in [1.29, 1.82) is 0 Å². The molecule has 0 radical (unpaired) electrons. The summed E-state index contributed by atoms with van der Waals surface area (Å²) in [7, 11) is 0. The van der Waals surface area contributed by atoms with Crippen LogP contribution in [0.15, 0.2) is 39.9 Å². The van der Waals surface area contributed by atoms with Crippen molar-refractivity contribution in [3.05, 3.63) is 68.5 Å². The number of hydrogen-bond acceptors (Lipinski definition) is 5. The third-order valence-corrected chi connectivity index (χ3v) is 4.99. The Morgan fingerprint density at radius 3 is 2.72 bits per heavy atom. The number of Topliss-reactive ketones (excluding diaryl/α,β-unsaturated/α-hetero) is 1. The van der Waals surface area contributed by atoms with Crippen molar-refractivity contribution in [2.24, 2.45) is 4.99 Å². The number of halogens is 3. The smallest absolute Gasteiger partial charge is 0.273 e. The van der Waals surface area contributed by atoms with Crippen LogP contribution in [0.2, 0.25) is 5.02 Å². The highest BCUT2D eigenvalue weighted by Crippen LogP contribution is 2.30. The van der Waals surface area contributed by atoms with Gasteiger partial charge in [0.05, 0.1) is 18.0 Å². The molecule has 0 saturated carbocycles. The summed E-state index contributed by atoms with van der Waals surface area (Å²) in [6.07, 6.45) is 2.72. The minimum Gasteiger partial charge on any atom is -0.485 e. The quantitative estimate of drug-likeness (QED) is 0.733. The van der Waals surface area contributed by atoms with E-state index in [1.165, 1.54) is 11.5 Å². The van der Waals surface area contributed by atoms with Crippen molar-refractivity contribution in [2.45, 2.75) is 39.8 Å². The molecular weight excluding hydrogens is 404 g/mol. The number of carbonyl (C=O) groups is 1. The highest BCUT2D eigenvalue weighted by molar-refractivity contribution is 6.39. The van der Waals surface area contributed by atoms with Crippen molar-refractivity contribution in [2.75, 3.05) is 0 Å². The molecule has 0 fully saturated rings. The van der Waals surface area contributed by atoms with E-state index in [0.29, 0.717) is 17.5 Å². The maximum Gasteiger partial charge on any atom is 0.273 e. The molecule has 2 aromatic rings. The van der Waals surface area contributed by atoms with E-state index >= 15 is 0 Å². The summed E-state index contributed by atoms with van der Waals surface area (Å²) in [6.45, 7) is 4.62. The maximum atomic E-state index is 13.7. The third kappa shape index (κ3) is 4.27. The summed E-state index contributed by atoms with van der Waals surface area (Å²) < 4.78 is 33.7. The summed E-state index contributed by atoms with van der Waals surface area (Å²) in [5.74, 6) is -1.75. The Morgan fingerprint density at radius 2 is 2.07 bits per heavy atom. The largest absolute Gasteiger partial charge is 0.485 e. The molecule has 0 bridgehead atoms. The number of ketones is 1. The second kappa shape index (κ2) is 8.24. The van der Waals surface area contributed by atoms with Gasteiger partial charge in [-0.25, -0.2) is 8.78 Å². The Morgan fingerprint density at radius 1 is 1.34 bits per heavy atom. The number of aliphatic imine (C=N–C) groups is 1. The van der Waals surface area contributed by atoms with Crippen molar-refractivity contribution in [3.63, 3.8) is 0 Å². The van der Waals surface area contributed by atoms with Gasteiger partial charge in [0.15, 0.2) is 11.6 Å². The summed E-state index contributed by atoms with van der Waals surface area (Å²) in [4.78, 5) is 32.4. The molecule has 1 aliphatic rings. The lowest BCUT2D eigenvalue weighted by Gasteiger charge is -2.26. The third-order valence-electron chi connectivity index (χ3n) is 4.65. The summed E-state index contributed by atoms with van der Waals surface area (Å²) in [5.41, 5.74) is 1.11. The first-order valence-corrected chi connectivity index (χ1v) is 9.15. The van der Waals surface area contributed by atoms with Gasteiger partial charge >= 0.3 is 0 Å². The van der Waals surface area contributed by atoms with Crippen molar-refractivity contribution in [1.82, 2.24) is 9.55 Å². The number of pyridine rings is 2. The minimum absolute atomic E-state index is 0.0637. The second-order valence-corrected chi connectivity index (χ2v) is 7.11. The lowest BCUT2D eigenvalue weighted by molar-refractivity contribution is -0.111. The molecule has 1 aliphatic heterocycles. The van der Waals surface area contributed by atoms with Crippen LogP contribution in [-0.2, 0) is 11.4 Å². The van der Waals surface area contributed by atoms with Crippen LogP contribution in [0.3, 0.4) is 0 Å². The molecule has 0 saturated heterocycles. The summed E-state index contributed by atoms with van der Waals surface area (Å²) in [6, 6.07) is 1.85. The average molecular weight is 422 g/mol. The Hall–Kier alpha value is -2.87. The van der Waals surface area contributed by atoms with Crippen LogP contribution >= 0.6 is 11.6 Å². The van der Waals surface area contributed by atoms with Crippen LogP contribution in [0, 0.1) is 18.6 Å². The van der Waals surface area contributed by atoms with Gasteiger partial charge in [-0.15, -0.1) is 0 Å². The zero-order valence-electron chi connectivity index (χ0n) is 16.0. The van der Waals surface area contributed by atoms with Gasteiger partial charge in [-0.3, -0.25) is 19.6 Å². The first kappa shape index (κ1) is 20.9. The van der Waals surface area contributed by atoms with Crippen LogP contribution in [0.4, 0.5) is 8.78 Å². The van der Waals surface area contributed by atoms with E-state index in [1.54, 1.807) is 19.2 Å². The highest BCUT2D eigenvalue weighted by atomic mass is 35.5. The molecule has 2 aromatic heterocycles. The van der Waals surface area contributed by atoms with Crippen LogP contribution < -0.4 is 10.3 Å². The zero-order valence-corrected chi connectivity index (χ0v) is 16.8. The van der Waals surface area contributed by atoms with E-state index in [9.17, 15) is 18.4 Å². The van der Waals surface area contributed by atoms with Crippen LogP contribution in [-0.4, -0.2) is 21.0 Å². The second-order valence-electron chi connectivity index (χ2n) is 6.73. The number of allylic oxidation sites excluding steroid dienone is 1. The molecular formula is C20H18ClF2N3O3. The summed E-state index contributed by atoms with van der Waals surface area (Å²) >= 11 is 6.22. The fourth-order valence-electron chi connectivity index (χ4n) is 3.07. The lowest BCUT2D eigenvalue weighted by Crippen LogP contribution is -2.32. The Bertz CT molecular complexity index is 1110. The lowest BCUT2D eigenvalue weighted by atomic mass is 9.98. The topological polar surface area (TPSA) is 73.6 Å². The van der Waals surface area contributed by atoms with Gasteiger partial charge in [-0.05, 0) is 19.4 Å². The molecule has 6 nitrogen and oxygen atoms in total. The molecule has 1 atom stereocenters. The molecule has 0 amide bonds. The van der Waals surface area contributed by atoms with E-state index in [2.05, 4.69) is 9.98 Å². The van der Waals surface area contributed by atoms with Crippen molar-refractivity contribution in [3.8, 4) is 5.75 Å². The minimum atomic E-state index is -0.856. The molecule has 0 aliphatic carbocycles. The molecule has 152 valence electrons. The molecule has 0 N–H and O–H groups in total. The number of nitrogens with zero attached hydrogens (tertiary/aromatic N) is 3. The first-order chi connectivity index (χ1) is 13.7. The van der Waals surface area contributed by atoms with E-state index in [-0.39, 0.29) is 35.3 Å². The number of hydrogen-bond donors (Lipinski definition) is 0. The fourth-order valence-corrected chi connectivity index (χ4v) is 3.27. The molecule has 0 aromatic carbocycles. The van der Waals surface area contributed by atoms with Gasteiger partial charge in [0, 0.05) is 37.4 Å². The molecule has 3 rings (SSSR count). The highest BCUT2D eigenvalue weighted by Gasteiger charge is 2.26. The van der Waals surface area contributed by atoms with Crippen molar-refractivity contribution >= 4 is 23.1 Å².